The minimum Gasteiger partial charge on any atom is -0.505 e. The van der Waals surface area contributed by atoms with Crippen LogP contribution in [0.25, 0.3) is 10.2 Å². The summed E-state index contributed by atoms with van der Waals surface area (Å²) in [5, 5.41) is 10.5. The molecule has 3 aromatic rings. The molecule has 0 saturated carbocycles. The van der Waals surface area contributed by atoms with E-state index in [-0.39, 0.29) is 15.0 Å². The Labute approximate surface area is 154 Å². The molecule has 0 amide bonds. The molecule has 0 fully saturated rings. The molecular weight excluding hydrogens is 447 g/mol. The third-order valence-electron chi connectivity index (χ3n) is 2.85. The molecule has 120 valence electrons. The summed E-state index contributed by atoms with van der Waals surface area (Å²) >= 11 is 16.0. The average molecular weight is 454 g/mol. The summed E-state index contributed by atoms with van der Waals surface area (Å²) in [6, 6.07) is 7.71. The van der Waals surface area contributed by atoms with Gasteiger partial charge < -0.3 is 5.11 Å². The van der Waals surface area contributed by atoms with Crippen LogP contribution in [0.3, 0.4) is 0 Å². The first-order valence-electron chi connectivity index (χ1n) is 6.03. The van der Waals surface area contributed by atoms with Crippen LogP contribution >= 0.6 is 50.5 Å². The lowest BCUT2D eigenvalue weighted by Gasteiger charge is -2.08. The summed E-state index contributed by atoms with van der Waals surface area (Å²) in [7, 11) is -4.05. The van der Waals surface area contributed by atoms with Gasteiger partial charge in [-0.05, 0) is 30.3 Å². The molecular formula is C13H7BrCl2N2O3S2. The predicted molar refractivity (Wildman–Crippen MR) is 96.3 cm³/mol. The molecule has 0 unspecified atom stereocenters. The summed E-state index contributed by atoms with van der Waals surface area (Å²) in [5.41, 5.74) is 0.619. The van der Waals surface area contributed by atoms with Crippen LogP contribution in [0.15, 0.2) is 39.7 Å². The second-order valence-corrected chi connectivity index (χ2v) is 8.91. The molecule has 0 atom stereocenters. The van der Waals surface area contributed by atoms with Gasteiger partial charge in [0.2, 0.25) is 0 Å². The zero-order valence-electron chi connectivity index (χ0n) is 11.0. The number of hydrogen-bond acceptors (Lipinski definition) is 5. The third kappa shape index (κ3) is 3.41. The van der Waals surface area contributed by atoms with E-state index in [1.807, 2.05) is 0 Å². The molecule has 0 bridgehead atoms. The van der Waals surface area contributed by atoms with Crippen LogP contribution in [0, 0.1) is 0 Å². The molecule has 5 nitrogen and oxygen atoms in total. The van der Waals surface area contributed by atoms with Crippen molar-refractivity contribution in [3.8, 4) is 5.75 Å². The number of benzene rings is 2. The van der Waals surface area contributed by atoms with E-state index in [1.54, 1.807) is 18.2 Å². The van der Waals surface area contributed by atoms with Crippen LogP contribution in [-0.2, 0) is 10.0 Å². The van der Waals surface area contributed by atoms with Gasteiger partial charge in [0.05, 0.1) is 15.2 Å². The Balaban J connectivity index is 2.03. The number of sulfonamides is 1. The Morgan fingerprint density at radius 3 is 2.70 bits per heavy atom. The molecule has 0 spiro atoms. The van der Waals surface area contributed by atoms with Crippen molar-refractivity contribution in [3.05, 3.63) is 44.8 Å². The van der Waals surface area contributed by atoms with Gasteiger partial charge in [-0.1, -0.05) is 50.5 Å². The van der Waals surface area contributed by atoms with Crippen LogP contribution in [0.5, 0.6) is 5.75 Å². The predicted octanol–water partition coefficient (Wildman–Crippen LogP) is 4.87. The number of rotatable bonds is 3. The Morgan fingerprint density at radius 2 is 1.96 bits per heavy atom. The summed E-state index contributed by atoms with van der Waals surface area (Å²) < 4.78 is 28.4. The van der Waals surface area contributed by atoms with Gasteiger partial charge in [-0.3, -0.25) is 4.72 Å². The van der Waals surface area contributed by atoms with E-state index in [0.717, 1.165) is 16.0 Å². The molecule has 1 aromatic heterocycles. The number of aromatic nitrogens is 1. The van der Waals surface area contributed by atoms with E-state index in [1.165, 1.54) is 12.1 Å². The highest BCUT2D eigenvalue weighted by Gasteiger charge is 2.23. The van der Waals surface area contributed by atoms with Crippen molar-refractivity contribution in [1.29, 1.82) is 0 Å². The Morgan fingerprint density at radius 1 is 1.22 bits per heavy atom. The number of aromatic hydroxyl groups is 1. The number of halogens is 3. The van der Waals surface area contributed by atoms with Crippen molar-refractivity contribution in [2.45, 2.75) is 4.90 Å². The van der Waals surface area contributed by atoms with Crippen molar-refractivity contribution in [1.82, 2.24) is 4.98 Å². The average Bonchev–Trinajstić information content (AvgIpc) is 2.83. The summed E-state index contributed by atoms with van der Waals surface area (Å²) in [4.78, 5) is 3.84. The maximum Gasteiger partial charge on any atom is 0.267 e. The fraction of sp³-hybridized carbons (Fsp3) is 0. The highest BCUT2D eigenvalue weighted by atomic mass is 79.9. The fourth-order valence-electron chi connectivity index (χ4n) is 1.86. The van der Waals surface area contributed by atoms with Gasteiger partial charge in [-0.25, -0.2) is 13.4 Å². The largest absolute Gasteiger partial charge is 0.505 e. The molecule has 0 saturated heterocycles. The number of phenolic OH excluding ortho intramolecular Hbond substituents is 1. The number of nitrogens with zero attached hydrogens (tertiary/aromatic N) is 1. The molecule has 3 rings (SSSR count). The lowest BCUT2D eigenvalue weighted by atomic mass is 10.3. The fourth-order valence-corrected chi connectivity index (χ4v) is 5.40. The van der Waals surface area contributed by atoms with Gasteiger partial charge in [0.25, 0.3) is 10.0 Å². The number of phenols is 1. The quantitative estimate of drug-likeness (QED) is 0.592. The summed E-state index contributed by atoms with van der Waals surface area (Å²) in [5.74, 6) is -0.522. The Bertz CT molecular complexity index is 1020. The zero-order chi connectivity index (χ0) is 16.8. The first-order valence-corrected chi connectivity index (χ1v) is 9.88. The van der Waals surface area contributed by atoms with E-state index in [0.29, 0.717) is 15.0 Å². The van der Waals surface area contributed by atoms with Gasteiger partial charge in [0, 0.05) is 9.50 Å². The molecule has 0 aliphatic heterocycles. The first-order chi connectivity index (χ1) is 10.8. The van der Waals surface area contributed by atoms with Crippen LogP contribution in [0.4, 0.5) is 5.13 Å². The highest BCUT2D eigenvalue weighted by molar-refractivity contribution is 9.10. The SMILES string of the molecule is O=S(=O)(Nc1nc2ccc(Cl)cc2s1)c1cc(Br)cc(Cl)c1O. The normalized spacial score (nSPS) is 11.8. The number of fused-ring (bicyclic) bond motifs is 1. The van der Waals surface area contributed by atoms with E-state index in [4.69, 9.17) is 23.2 Å². The van der Waals surface area contributed by atoms with Crippen molar-refractivity contribution in [2.24, 2.45) is 0 Å². The summed E-state index contributed by atoms with van der Waals surface area (Å²) in [6.07, 6.45) is 0. The molecule has 2 aromatic carbocycles. The topological polar surface area (TPSA) is 79.3 Å². The number of hydrogen-bond donors (Lipinski definition) is 2. The van der Waals surface area contributed by atoms with Crippen LogP contribution in [0.1, 0.15) is 0 Å². The molecule has 10 heteroatoms. The van der Waals surface area contributed by atoms with E-state index in [2.05, 4.69) is 25.6 Å². The lowest BCUT2D eigenvalue weighted by Crippen LogP contribution is -2.13. The molecule has 23 heavy (non-hydrogen) atoms. The second-order valence-electron chi connectivity index (χ2n) is 4.47. The van der Waals surface area contributed by atoms with Gasteiger partial charge in [-0.2, -0.15) is 0 Å². The minimum absolute atomic E-state index is 0.0733. The van der Waals surface area contributed by atoms with Gasteiger partial charge >= 0.3 is 0 Å². The third-order valence-corrected chi connectivity index (χ3v) is 6.25. The lowest BCUT2D eigenvalue weighted by molar-refractivity contribution is 0.459. The molecule has 0 aliphatic carbocycles. The first kappa shape index (κ1) is 16.8. The second kappa shape index (κ2) is 6.10. The smallest absolute Gasteiger partial charge is 0.267 e. The van der Waals surface area contributed by atoms with Crippen molar-refractivity contribution in [2.75, 3.05) is 4.72 Å². The molecule has 0 aliphatic rings. The number of thiazole rings is 1. The molecule has 2 N–H and O–H groups in total. The van der Waals surface area contributed by atoms with Gasteiger partial charge in [0.15, 0.2) is 10.9 Å². The Hall–Kier alpha value is -1.06. The van der Waals surface area contributed by atoms with Crippen LogP contribution in [0.2, 0.25) is 10.0 Å². The monoisotopic (exact) mass is 452 g/mol. The van der Waals surface area contributed by atoms with Crippen molar-refractivity contribution in [3.63, 3.8) is 0 Å². The maximum atomic E-state index is 12.5. The van der Waals surface area contributed by atoms with Crippen LogP contribution < -0.4 is 4.72 Å². The molecule has 0 radical (unpaired) electrons. The molecule has 1 heterocycles. The maximum absolute atomic E-state index is 12.5. The highest BCUT2D eigenvalue weighted by Crippen LogP contribution is 2.36. The zero-order valence-corrected chi connectivity index (χ0v) is 15.8. The number of nitrogens with one attached hydrogen (secondary N) is 1. The van der Waals surface area contributed by atoms with Gasteiger partial charge in [-0.15, -0.1) is 0 Å². The minimum atomic E-state index is -4.05. The Kier molecular flexibility index (Phi) is 4.45. The van der Waals surface area contributed by atoms with Gasteiger partial charge in [0.1, 0.15) is 4.90 Å². The van der Waals surface area contributed by atoms with Crippen molar-refractivity contribution >= 4 is 75.8 Å². The van der Waals surface area contributed by atoms with E-state index in [9.17, 15) is 13.5 Å². The van der Waals surface area contributed by atoms with E-state index >= 15 is 0 Å². The van der Waals surface area contributed by atoms with Crippen molar-refractivity contribution < 1.29 is 13.5 Å². The van der Waals surface area contributed by atoms with E-state index < -0.39 is 15.8 Å². The van der Waals surface area contributed by atoms with Crippen LogP contribution in [-0.4, -0.2) is 18.5 Å². The standard InChI is InChI=1S/C13H7BrCl2N2O3S2/c14-6-3-8(16)12(19)11(4-6)23(20,21)18-13-17-9-2-1-7(15)5-10(9)22-13/h1-5,19H,(H,17,18). The summed E-state index contributed by atoms with van der Waals surface area (Å²) in [6.45, 7) is 0. The number of anilines is 1.